The Morgan fingerprint density at radius 2 is 1.81 bits per heavy atom. The predicted molar refractivity (Wildman–Crippen MR) is 74.5 cm³/mol. The topological polar surface area (TPSA) is 12.0 Å². The summed E-state index contributed by atoms with van der Waals surface area (Å²) in [5.74, 6) is 0.839. The van der Waals surface area contributed by atoms with Gasteiger partial charge in [0.2, 0.25) is 0 Å². The molecule has 0 aliphatic heterocycles. The van der Waals surface area contributed by atoms with Crippen molar-refractivity contribution in [3.63, 3.8) is 0 Å². The fourth-order valence-corrected chi connectivity index (χ4v) is 1.90. The van der Waals surface area contributed by atoms with Crippen LogP contribution in [0.2, 0.25) is 0 Å². The first-order chi connectivity index (χ1) is 7.68. The molecular weight excluding hydrogens is 262 g/mol. The maximum absolute atomic E-state index is 3.48. The Hall–Kier alpha value is -0.340. The average molecular weight is 284 g/mol. The lowest BCUT2D eigenvalue weighted by atomic mass is 10.1. The van der Waals surface area contributed by atoms with Gasteiger partial charge in [-0.1, -0.05) is 54.8 Å². The number of benzene rings is 1. The van der Waals surface area contributed by atoms with Crippen LogP contribution in [0.1, 0.15) is 38.7 Å². The summed E-state index contributed by atoms with van der Waals surface area (Å²) in [4.78, 5) is 0. The maximum atomic E-state index is 3.48. The Labute approximate surface area is 108 Å². The lowest BCUT2D eigenvalue weighted by molar-refractivity contribution is 0.520. The highest BCUT2D eigenvalue weighted by Crippen LogP contribution is 2.10. The van der Waals surface area contributed by atoms with E-state index in [1.165, 1.54) is 24.8 Å². The second-order valence-electron chi connectivity index (χ2n) is 4.69. The largest absolute Gasteiger partial charge is 0.313 e. The predicted octanol–water partition coefficient (Wildman–Crippen LogP) is 4.37. The summed E-state index contributed by atoms with van der Waals surface area (Å²) in [5, 5.41) is 3.48. The van der Waals surface area contributed by atoms with Gasteiger partial charge in [-0.15, -0.1) is 0 Å². The molecular formula is C14H22BrN. The van der Waals surface area contributed by atoms with Gasteiger partial charge in [0.25, 0.3) is 0 Å². The van der Waals surface area contributed by atoms with Crippen LogP contribution in [-0.4, -0.2) is 6.54 Å². The summed E-state index contributed by atoms with van der Waals surface area (Å²) < 4.78 is 1.15. The number of unbranched alkanes of at least 4 members (excludes halogenated alkanes) is 1. The van der Waals surface area contributed by atoms with Crippen LogP contribution < -0.4 is 5.32 Å². The van der Waals surface area contributed by atoms with Crippen LogP contribution in [-0.2, 0) is 6.54 Å². The third-order valence-electron chi connectivity index (χ3n) is 2.63. The van der Waals surface area contributed by atoms with Gasteiger partial charge < -0.3 is 5.32 Å². The fourth-order valence-electron chi connectivity index (χ4n) is 1.64. The minimum atomic E-state index is 0.839. The SMILES string of the molecule is CC(C)CCCCNCc1ccc(Br)cc1. The first-order valence-electron chi connectivity index (χ1n) is 6.13. The number of nitrogens with one attached hydrogen (secondary N) is 1. The minimum absolute atomic E-state index is 0.839. The van der Waals surface area contributed by atoms with Crippen molar-refractivity contribution in [3.05, 3.63) is 34.3 Å². The monoisotopic (exact) mass is 283 g/mol. The third-order valence-corrected chi connectivity index (χ3v) is 3.16. The first-order valence-corrected chi connectivity index (χ1v) is 6.93. The summed E-state index contributed by atoms with van der Waals surface area (Å²) in [7, 11) is 0. The molecule has 0 unspecified atom stereocenters. The van der Waals surface area contributed by atoms with E-state index in [2.05, 4.69) is 59.4 Å². The quantitative estimate of drug-likeness (QED) is 0.733. The molecule has 0 heterocycles. The van der Waals surface area contributed by atoms with Gasteiger partial charge in [-0.05, 0) is 36.6 Å². The maximum Gasteiger partial charge on any atom is 0.0205 e. The zero-order chi connectivity index (χ0) is 11.8. The smallest absolute Gasteiger partial charge is 0.0205 e. The third kappa shape index (κ3) is 6.29. The summed E-state index contributed by atoms with van der Waals surface area (Å²) in [6, 6.07) is 8.50. The van der Waals surface area contributed by atoms with E-state index < -0.39 is 0 Å². The van der Waals surface area contributed by atoms with Crippen LogP contribution in [0.4, 0.5) is 0 Å². The molecule has 1 rings (SSSR count). The molecule has 0 saturated heterocycles. The van der Waals surface area contributed by atoms with E-state index in [0.29, 0.717) is 0 Å². The van der Waals surface area contributed by atoms with Crippen molar-refractivity contribution < 1.29 is 0 Å². The van der Waals surface area contributed by atoms with Crippen LogP contribution in [0.15, 0.2) is 28.7 Å². The highest BCUT2D eigenvalue weighted by molar-refractivity contribution is 9.10. The van der Waals surface area contributed by atoms with Gasteiger partial charge >= 0.3 is 0 Å². The van der Waals surface area contributed by atoms with E-state index in [-0.39, 0.29) is 0 Å². The van der Waals surface area contributed by atoms with Gasteiger partial charge in [-0.3, -0.25) is 0 Å². The van der Waals surface area contributed by atoms with Crippen molar-refractivity contribution in [3.8, 4) is 0 Å². The van der Waals surface area contributed by atoms with E-state index in [9.17, 15) is 0 Å². The lowest BCUT2D eigenvalue weighted by Crippen LogP contribution is -2.14. The van der Waals surface area contributed by atoms with Gasteiger partial charge in [-0.25, -0.2) is 0 Å². The average Bonchev–Trinajstić information content (AvgIpc) is 2.25. The van der Waals surface area contributed by atoms with Crippen molar-refractivity contribution in [2.24, 2.45) is 5.92 Å². The van der Waals surface area contributed by atoms with Crippen LogP contribution in [0.5, 0.6) is 0 Å². The number of halogens is 1. The van der Waals surface area contributed by atoms with Crippen molar-refractivity contribution >= 4 is 15.9 Å². The summed E-state index contributed by atoms with van der Waals surface area (Å²) >= 11 is 3.44. The van der Waals surface area contributed by atoms with Crippen molar-refractivity contribution in [1.29, 1.82) is 0 Å². The molecule has 2 heteroatoms. The summed E-state index contributed by atoms with van der Waals surface area (Å²) in [5.41, 5.74) is 1.35. The van der Waals surface area contributed by atoms with Crippen LogP contribution in [0.25, 0.3) is 0 Å². The molecule has 0 fully saturated rings. The van der Waals surface area contributed by atoms with Crippen molar-refractivity contribution in [2.45, 2.75) is 39.7 Å². The van der Waals surface area contributed by atoms with Gasteiger partial charge in [0.15, 0.2) is 0 Å². The molecule has 0 radical (unpaired) electrons. The van der Waals surface area contributed by atoms with Gasteiger partial charge in [0, 0.05) is 11.0 Å². The molecule has 1 aromatic carbocycles. The standard InChI is InChI=1S/C14H22BrN/c1-12(2)5-3-4-10-16-11-13-6-8-14(15)9-7-13/h6-9,12,16H,3-5,10-11H2,1-2H3. The van der Waals surface area contributed by atoms with Crippen molar-refractivity contribution in [2.75, 3.05) is 6.54 Å². The Morgan fingerprint density at radius 1 is 1.12 bits per heavy atom. The first kappa shape index (κ1) is 13.7. The van der Waals surface area contributed by atoms with Crippen LogP contribution in [0, 0.1) is 5.92 Å². The fraction of sp³-hybridized carbons (Fsp3) is 0.571. The molecule has 1 N–H and O–H groups in total. The minimum Gasteiger partial charge on any atom is -0.313 e. The number of rotatable bonds is 7. The Balaban J connectivity index is 2.05. The lowest BCUT2D eigenvalue weighted by Gasteiger charge is -2.06. The van der Waals surface area contributed by atoms with Crippen LogP contribution in [0.3, 0.4) is 0 Å². The molecule has 0 atom stereocenters. The second kappa shape index (κ2) is 7.86. The van der Waals surface area contributed by atoms with E-state index >= 15 is 0 Å². The van der Waals surface area contributed by atoms with Gasteiger partial charge in [-0.2, -0.15) is 0 Å². The molecule has 0 aliphatic carbocycles. The molecule has 0 saturated carbocycles. The Kier molecular flexibility index (Phi) is 6.74. The normalized spacial score (nSPS) is 11.0. The summed E-state index contributed by atoms with van der Waals surface area (Å²) in [6.07, 6.45) is 3.97. The van der Waals surface area contributed by atoms with E-state index in [4.69, 9.17) is 0 Å². The molecule has 0 aromatic heterocycles. The highest BCUT2D eigenvalue weighted by atomic mass is 79.9. The molecule has 0 bridgehead atoms. The second-order valence-corrected chi connectivity index (χ2v) is 5.61. The highest BCUT2D eigenvalue weighted by Gasteiger charge is 1.95. The Bertz CT molecular complexity index is 279. The van der Waals surface area contributed by atoms with Crippen LogP contribution >= 0.6 is 15.9 Å². The van der Waals surface area contributed by atoms with Crippen molar-refractivity contribution in [1.82, 2.24) is 5.32 Å². The van der Waals surface area contributed by atoms with Gasteiger partial charge in [0.05, 0.1) is 0 Å². The zero-order valence-corrected chi connectivity index (χ0v) is 11.9. The van der Waals surface area contributed by atoms with E-state index in [1.54, 1.807) is 0 Å². The van der Waals surface area contributed by atoms with E-state index in [0.717, 1.165) is 23.5 Å². The molecule has 0 aliphatic rings. The molecule has 1 nitrogen and oxygen atoms in total. The Morgan fingerprint density at radius 3 is 2.44 bits per heavy atom. The molecule has 1 aromatic rings. The number of hydrogen-bond donors (Lipinski definition) is 1. The summed E-state index contributed by atoms with van der Waals surface area (Å²) in [6.45, 7) is 6.68. The molecule has 16 heavy (non-hydrogen) atoms. The van der Waals surface area contributed by atoms with Gasteiger partial charge in [0.1, 0.15) is 0 Å². The number of hydrogen-bond acceptors (Lipinski definition) is 1. The zero-order valence-electron chi connectivity index (χ0n) is 10.3. The molecule has 90 valence electrons. The molecule has 0 spiro atoms. The van der Waals surface area contributed by atoms with E-state index in [1.807, 2.05) is 0 Å². The molecule has 0 amide bonds.